The highest BCUT2D eigenvalue weighted by Crippen LogP contribution is 2.48. The fourth-order valence-corrected chi connectivity index (χ4v) is 3.18. The summed E-state index contributed by atoms with van der Waals surface area (Å²) in [6, 6.07) is 0.116. The van der Waals surface area contributed by atoms with Crippen molar-refractivity contribution in [3.05, 3.63) is 0 Å². The van der Waals surface area contributed by atoms with Gasteiger partial charge in [-0.1, -0.05) is 6.92 Å². The van der Waals surface area contributed by atoms with Crippen LogP contribution in [0.15, 0.2) is 0 Å². The molecular weight excluding hydrogens is 191 g/mol. The molecule has 2 aliphatic carbocycles. The van der Waals surface area contributed by atoms with Gasteiger partial charge >= 0.3 is 6.18 Å². The maximum Gasteiger partial charge on any atom is 0.401 e. The Bertz CT molecular complexity index is 214. The van der Waals surface area contributed by atoms with Gasteiger partial charge in [-0.05, 0) is 37.0 Å². The van der Waals surface area contributed by atoms with Crippen molar-refractivity contribution in [2.75, 3.05) is 6.54 Å². The molecule has 2 saturated carbocycles. The Morgan fingerprint density at radius 3 is 2.43 bits per heavy atom. The number of nitrogens with one attached hydrogen (secondary N) is 1. The van der Waals surface area contributed by atoms with E-state index in [1.54, 1.807) is 0 Å². The summed E-state index contributed by atoms with van der Waals surface area (Å²) in [5, 5.41) is 2.66. The lowest BCUT2D eigenvalue weighted by molar-refractivity contribution is -0.127. The fourth-order valence-electron chi connectivity index (χ4n) is 3.18. The molecular formula is C10H16F3N. The molecule has 1 N–H and O–H groups in total. The predicted octanol–water partition coefficient (Wildman–Crippen LogP) is 2.57. The maximum atomic E-state index is 12.0. The third kappa shape index (κ3) is 2.05. The Balaban J connectivity index is 1.83. The third-order valence-corrected chi connectivity index (χ3v) is 3.71. The summed E-state index contributed by atoms with van der Waals surface area (Å²) in [6.45, 7) is 1.33. The summed E-state index contributed by atoms with van der Waals surface area (Å²) in [6.07, 6.45) is -0.762. The fraction of sp³-hybridized carbons (Fsp3) is 1.00. The molecule has 2 aliphatic rings. The molecule has 0 heterocycles. The van der Waals surface area contributed by atoms with Gasteiger partial charge in [0.05, 0.1) is 6.54 Å². The molecule has 2 rings (SSSR count). The van der Waals surface area contributed by atoms with Crippen LogP contribution in [0.1, 0.15) is 26.2 Å². The normalized spacial score (nSPS) is 42.0. The van der Waals surface area contributed by atoms with Crippen LogP contribution in [0.25, 0.3) is 0 Å². The van der Waals surface area contributed by atoms with Crippen molar-refractivity contribution >= 4 is 0 Å². The average molecular weight is 207 g/mol. The summed E-state index contributed by atoms with van der Waals surface area (Å²) < 4.78 is 36.0. The number of fused-ring (bicyclic) bond motifs is 2. The Kier molecular flexibility index (Phi) is 2.50. The highest BCUT2D eigenvalue weighted by Gasteiger charge is 2.44. The minimum absolute atomic E-state index is 0.116. The highest BCUT2D eigenvalue weighted by atomic mass is 19.4. The summed E-state index contributed by atoms with van der Waals surface area (Å²) in [4.78, 5) is 0. The van der Waals surface area contributed by atoms with Crippen LogP contribution in [0.3, 0.4) is 0 Å². The number of alkyl halides is 3. The van der Waals surface area contributed by atoms with Crippen molar-refractivity contribution in [3.8, 4) is 0 Å². The SMILES string of the molecule is CC1CC2CC(NCC(F)(F)F)C1C2. The van der Waals surface area contributed by atoms with Gasteiger partial charge in [-0.15, -0.1) is 0 Å². The van der Waals surface area contributed by atoms with Crippen LogP contribution in [0.5, 0.6) is 0 Å². The van der Waals surface area contributed by atoms with Crippen LogP contribution >= 0.6 is 0 Å². The molecule has 1 nitrogen and oxygen atoms in total. The monoisotopic (exact) mass is 207 g/mol. The van der Waals surface area contributed by atoms with Crippen molar-refractivity contribution in [2.24, 2.45) is 17.8 Å². The number of hydrogen-bond acceptors (Lipinski definition) is 1. The van der Waals surface area contributed by atoms with Gasteiger partial charge in [0.2, 0.25) is 0 Å². The quantitative estimate of drug-likeness (QED) is 0.733. The standard InChI is InChI=1S/C10H16F3N/c1-6-2-7-3-8(6)9(4-7)14-5-10(11,12)13/h6-9,14H,2-5H2,1H3. The van der Waals surface area contributed by atoms with E-state index >= 15 is 0 Å². The first-order chi connectivity index (χ1) is 6.46. The van der Waals surface area contributed by atoms with E-state index in [0.717, 1.165) is 12.8 Å². The summed E-state index contributed by atoms with van der Waals surface area (Å²) in [7, 11) is 0. The first kappa shape index (κ1) is 10.3. The molecule has 0 amide bonds. The summed E-state index contributed by atoms with van der Waals surface area (Å²) in [5.41, 5.74) is 0. The zero-order chi connectivity index (χ0) is 10.3. The van der Waals surface area contributed by atoms with E-state index in [1.165, 1.54) is 6.42 Å². The number of hydrogen-bond donors (Lipinski definition) is 1. The van der Waals surface area contributed by atoms with Gasteiger partial charge in [-0.3, -0.25) is 0 Å². The van der Waals surface area contributed by atoms with Gasteiger partial charge in [0, 0.05) is 6.04 Å². The van der Waals surface area contributed by atoms with E-state index in [-0.39, 0.29) is 6.04 Å². The molecule has 82 valence electrons. The van der Waals surface area contributed by atoms with Crippen molar-refractivity contribution < 1.29 is 13.2 Å². The first-order valence-corrected chi connectivity index (χ1v) is 5.26. The van der Waals surface area contributed by atoms with Crippen molar-refractivity contribution in [3.63, 3.8) is 0 Å². The van der Waals surface area contributed by atoms with Crippen molar-refractivity contribution in [1.82, 2.24) is 5.32 Å². The number of rotatable bonds is 2. The van der Waals surface area contributed by atoms with Crippen LogP contribution in [0.2, 0.25) is 0 Å². The van der Waals surface area contributed by atoms with E-state index in [1.807, 2.05) is 0 Å². The lowest BCUT2D eigenvalue weighted by Gasteiger charge is -2.28. The van der Waals surface area contributed by atoms with Gasteiger partial charge in [0.1, 0.15) is 0 Å². The van der Waals surface area contributed by atoms with E-state index < -0.39 is 12.7 Å². The number of halogens is 3. The molecule has 0 spiro atoms. The largest absolute Gasteiger partial charge is 0.401 e. The second kappa shape index (κ2) is 3.40. The molecule has 4 heteroatoms. The lowest BCUT2D eigenvalue weighted by Crippen LogP contribution is -2.41. The summed E-state index contributed by atoms with van der Waals surface area (Å²) in [5.74, 6) is 1.78. The van der Waals surface area contributed by atoms with Crippen molar-refractivity contribution in [2.45, 2.75) is 38.4 Å². The molecule has 0 aromatic rings. The van der Waals surface area contributed by atoms with E-state index in [9.17, 15) is 13.2 Å². The van der Waals surface area contributed by atoms with Crippen LogP contribution in [-0.2, 0) is 0 Å². The predicted molar refractivity (Wildman–Crippen MR) is 47.8 cm³/mol. The van der Waals surface area contributed by atoms with Crippen LogP contribution in [0, 0.1) is 17.8 Å². The van der Waals surface area contributed by atoms with Gasteiger partial charge in [-0.2, -0.15) is 13.2 Å². The average Bonchev–Trinajstić information content (AvgIpc) is 2.56. The Morgan fingerprint density at radius 1 is 1.21 bits per heavy atom. The second-order valence-electron chi connectivity index (χ2n) is 4.82. The molecule has 0 aromatic carbocycles. The van der Waals surface area contributed by atoms with E-state index in [4.69, 9.17) is 0 Å². The van der Waals surface area contributed by atoms with Gasteiger partial charge in [-0.25, -0.2) is 0 Å². The Labute approximate surface area is 82.1 Å². The lowest BCUT2D eigenvalue weighted by atomic mass is 9.86. The topological polar surface area (TPSA) is 12.0 Å². The Hall–Kier alpha value is -0.250. The highest BCUT2D eigenvalue weighted by molar-refractivity contribution is 4.97. The molecule has 4 unspecified atom stereocenters. The molecule has 4 atom stereocenters. The third-order valence-electron chi connectivity index (χ3n) is 3.71. The van der Waals surface area contributed by atoms with Crippen molar-refractivity contribution in [1.29, 1.82) is 0 Å². The smallest absolute Gasteiger partial charge is 0.306 e. The van der Waals surface area contributed by atoms with Crippen LogP contribution < -0.4 is 5.32 Å². The first-order valence-electron chi connectivity index (χ1n) is 5.26. The minimum Gasteiger partial charge on any atom is -0.306 e. The van der Waals surface area contributed by atoms with Gasteiger partial charge in [0.15, 0.2) is 0 Å². The molecule has 0 aliphatic heterocycles. The molecule has 0 aromatic heterocycles. The molecule has 2 fully saturated rings. The van der Waals surface area contributed by atoms with Crippen LogP contribution in [-0.4, -0.2) is 18.8 Å². The van der Waals surface area contributed by atoms with Gasteiger partial charge < -0.3 is 5.32 Å². The Morgan fingerprint density at radius 2 is 1.93 bits per heavy atom. The second-order valence-corrected chi connectivity index (χ2v) is 4.82. The molecule has 0 saturated heterocycles. The maximum absolute atomic E-state index is 12.0. The molecule has 0 radical (unpaired) electrons. The van der Waals surface area contributed by atoms with Gasteiger partial charge in [0.25, 0.3) is 0 Å². The van der Waals surface area contributed by atoms with E-state index in [0.29, 0.717) is 17.8 Å². The van der Waals surface area contributed by atoms with Crippen LogP contribution in [0.4, 0.5) is 13.2 Å². The minimum atomic E-state index is -4.06. The summed E-state index contributed by atoms with van der Waals surface area (Å²) >= 11 is 0. The zero-order valence-corrected chi connectivity index (χ0v) is 8.27. The zero-order valence-electron chi connectivity index (χ0n) is 8.27. The molecule has 2 bridgehead atoms. The van der Waals surface area contributed by atoms with E-state index in [2.05, 4.69) is 12.2 Å². The molecule has 14 heavy (non-hydrogen) atoms.